The summed E-state index contributed by atoms with van der Waals surface area (Å²) in [5.74, 6) is 1.26. The maximum Gasteiger partial charge on any atom is 0.231 e. The summed E-state index contributed by atoms with van der Waals surface area (Å²) in [4.78, 5) is 14.9. The van der Waals surface area contributed by atoms with Crippen LogP contribution in [0.5, 0.6) is 0 Å². The standard InChI is InChI=1S/C13H24N6O/c1-3-13(2,9-20)18-11-15-10(14)16-12(17-11)19-7-5-4-6-8-19/h20H,3-9H2,1-2H3,(H3,14,15,16,17,18). The second kappa shape index (κ2) is 6.21. The normalized spacial score (nSPS) is 18.6. The van der Waals surface area contributed by atoms with E-state index in [0.717, 1.165) is 32.4 Å². The number of piperidine rings is 1. The van der Waals surface area contributed by atoms with Crippen LogP contribution in [-0.4, -0.2) is 45.3 Å². The lowest BCUT2D eigenvalue weighted by molar-refractivity contribution is 0.218. The van der Waals surface area contributed by atoms with Gasteiger partial charge in [0.05, 0.1) is 12.1 Å². The number of rotatable bonds is 5. The highest BCUT2D eigenvalue weighted by molar-refractivity contribution is 5.43. The van der Waals surface area contributed by atoms with Gasteiger partial charge < -0.3 is 21.1 Å². The third kappa shape index (κ3) is 3.47. The van der Waals surface area contributed by atoms with Crippen molar-refractivity contribution in [3.05, 3.63) is 0 Å². The molecule has 0 bridgehead atoms. The smallest absolute Gasteiger partial charge is 0.231 e. The summed E-state index contributed by atoms with van der Waals surface area (Å²) in [7, 11) is 0. The van der Waals surface area contributed by atoms with Crippen LogP contribution in [0.15, 0.2) is 0 Å². The van der Waals surface area contributed by atoms with E-state index in [2.05, 4.69) is 25.2 Å². The molecule has 2 rings (SSSR count). The first-order valence-electron chi connectivity index (χ1n) is 7.22. The zero-order valence-corrected chi connectivity index (χ0v) is 12.3. The topological polar surface area (TPSA) is 100 Å². The van der Waals surface area contributed by atoms with Crippen LogP contribution in [0.2, 0.25) is 0 Å². The lowest BCUT2D eigenvalue weighted by Gasteiger charge is -2.29. The van der Waals surface area contributed by atoms with Gasteiger partial charge in [0, 0.05) is 13.1 Å². The van der Waals surface area contributed by atoms with Crippen molar-refractivity contribution in [2.24, 2.45) is 0 Å². The van der Waals surface area contributed by atoms with E-state index in [-0.39, 0.29) is 12.6 Å². The molecule has 1 aromatic rings. The van der Waals surface area contributed by atoms with Gasteiger partial charge in [0.25, 0.3) is 0 Å². The van der Waals surface area contributed by atoms with E-state index in [1.165, 1.54) is 6.42 Å². The summed E-state index contributed by atoms with van der Waals surface area (Å²) in [5.41, 5.74) is 5.33. The van der Waals surface area contributed by atoms with Gasteiger partial charge in [-0.15, -0.1) is 0 Å². The molecule has 1 aromatic heterocycles. The molecule has 112 valence electrons. The van der Waals surface area contributed by atoms with Crippen LogP contribution in [0.25, 0.3) is 0 Å². The van der Waals surface area contributed by atoms with Gasteiger partial charge in [-0.25, -0.2) is 0 Å². The van der Waals surface area contributed by atoms with Gasteiger partial charge in [0.1, 0.15) is 0 Å². The first kappa shape index (κ1) is 14.8. The predicted molar refractivity (Wildman–Crippen MR) is 79.7 cm³/mol. The Morgan fingerprint density at radius 1 is 1.25 bits per heavy atom. The lowest BCUT2D eigenvalue weighted by atomic mass is 10.0. The summed E-state index contributed by atoms with van der Waals surface area (Å²) in [6.07, 6.45) is 4.31. The van der Waals surface area contributed by atoms with E-state index < -0.39 is 5.54 Å². The fraction of sp³-hybridized carbons (Fsp3) is 0.769. The van der Waals surface area contributed by atoms with Crippen LogP contribution < -0.4 is 16.0 Å². The van der Waals surface area contributed by atoms with Gasteiger partial charge in [0.2, 0.25) is 17.8 Å². The van der Waals surface area contributed by atoms with Crippen LogP contribution in [-0.2, 0) is 0 Å². The van der Waals surface area contributed by atoms with E-state index in [4.69, 9.17) is 5.73 Å². The quantitative estimate of drug-likeness (QED) is 0.740. The average Bonchev–Trinajstić information content (AvgIpc) is 2.47. The number of nitrogens with zero attached hydrogens (tertiary/aromatic N) is 4. The number of nitrogen functional groups attached to an aromatic ring is 1. The Morgan fingerprint density at radius 3 is 2.55 bits per heavy atom. The fourth-order valence-corrected chi connectivity index (χ4v) is 2.18. The van der Waals surface area contributed by atoms with Crippen molar-refractivity contribution in [3.63, 3.8) is 0 Å². The van der Waals surface area contributed by atoms with Gasteiger partial charge in [-0.3, -0.25) is 0 Å². The monoisotopic (exact) mass is 280 g/mol. The average molecular weight is 280 g/mol. The number of hydrogen-bond donors (Lipinski definition) is 3. The van der Waals surface area contributed by atoms with E-state index in [1.807, 2.05) is 13.8 Å². The maximum absolute atomic E-state index is 9.46. The molecule has 2 heterocycles. The van der Waals surface area contributed by atoms with Crippen molar-refractivity contribution in [2.45, 2.75) is 45.1 Å². The van der Waals surface area contributed by atoms with Crippen molar-refractivity contribution in [3.8, 4) is 0 Å². The van der Waals surface area contributed by atoms with Gasteiger partial charge in [-0.1, -0.05) is 6.92 Å². The summed E-state index contributed by atoms with van der Waals surface area (Å²) < 4.78 is 0. The molecule has 1 aliphatic heterocycles. The molecule has 0 spiro atoms. The lowest BCUT2D eigenvalue weighted by Crippen LogP contribution is -2.39. The van der Waals surface area contributed by atoms with E-state index in [1.54, 1.807) is 0 Å². The van der Waals surface area contributed by atoms with E-state index in [9.17, 15) is 5.11 Å². The number of hydrogen-bond acceptors (Lipinski definition) is 7. The minimum atomic E-state index is -0.451. The molecule has 0 amide bonds. The molecule has 4 N–H and O–H groups in total. The zero-order valence-electron chi connectivity index (χ0n) is 12.3. The van der Waals surface area contributed by atoms with Crippen LogP contribution >= 0.6 is 0 Å². The summed E-state index contributed by atoms with van der Waals surface area (Å²) in [6.45, 7) is 5.84. The zero-order chi connectivity index (χ0) is 14.6. The van der Waals surface area contributed by atoms with E-state index in [0.29, 0.717) is 11.9 Å². The first-order valence-corrected chi connectivity index (χ1v) is 7.22. The number of nitrogens with one attached hydrogen (secondary N) is 1. The van der Waals surface area contributed by atoms with Gasteiger partial charge in [-0.2, -0.15) is 15.0 Å². The number of aromatic nitrogens is 3. The molecule has 7 heteroatoms. The minimum absolute atomic E-state index is 0.00807. The third-order valence-corrected chi connectivity index (χ3v) is 3.82. The first-order chi connectivity index (χ1) is 9.56. The maximum atomic E-state index is 9.46. The predicted octanol–water partition coefficient (Wildman–Crippen LogP) is 1.02. The summed E-state index contributed by atoms with van der Waals surface area (Å²) in [6, 6.07) is 0. The molecular formula is C13H24N6O. The number of aliphatic hydroxyl groups excluding tert-OH is 1. The Labute approximate surface area is 119 Å². The van der Waals surface area contributed by atoms with Crippen LogP contribution in [0, 0.1) is 0 Å². The molecule has 1 aliphatic rings. The SMILES string of the molecule is CCC(C)(CO)Nc1nc(N)nc(N2CCCCC2)n1. The highest BCUT2D eigenvalue weighted by Crippen LogP contribution is 2.20. The Bertz CT molecular complexity index is 442. The Kier molecular flexibility index (Phi) is 4.59. The Hall–Kier alpha value is -1.63. The molecule has 1 fully saturated rings. The molecule has 0 saturated carbocycles. The summed E-state index contributed by atoms with van der Waals surface area (Å²) >= 11 is 0. The van der Waals surface area contributed by atoms with Crippen molar-refractivity contribution < 1.29 is 5.11 Å². The molecule has 0 aromatic carbocycles. The molecule has 1 unspecified atom stereocenters. The molecule has 1 saturated heterocycles. The highest BCUT2D eigenvalue weighted by Gasteiger charge is 2.23. The molecule has 7 nitrogen and oxygen atoms in total. The minimum Gasteiger partial charge on any atom is -0.394 e. The van der Waals surface area contributed by atoms with Crippen LogP contribution in [0.1, 0.15) is 39.5 Å². The largest absolute Gasteiger partial charge is 0.394 e. The van der Waals surface area contributed by atoms with Crippen molar-refractivity contribution >= 4 is 17.8 Å². The second-order valence-corrected chi connectivity index (χ2v) is 5.56. The second-order valence-electron chi connectivity index (χ2n) is 5.56. The molecule has 0 aliphatic carbocycles. The summed E-state index contributed by atoms with van der Waals surface area (Å²) in [5, 5.41) is 12.6. The van der Waals surface area contributed by atoms with Crippen LogP contribution in [0.4, 0.5) is 17.8 Å². The number of anilines is 3. The number of aliphatic hydroxyl groups is 1. The van der Waals surface area contributed by atoms with Gasteiger partial charge in [0.15, 0.2) is 0 Å². The fourth-order valence-electron chi connectivity index (χ4n) is 2.18. The van der Waals surface area contributed by atoms with E-state index >= 15 is 0 Å². The number of nitrogens with two attached hydrogens (primary N) is 1. The van der Waals surface area contributed by atoms with Gasteiger partial charge in [-0.05, 0) is 32.6 Å². The van der Waals surface area contributed by atoms with Crippen LogP contribution in [0.3, 0.4) is 0 Å². The third-order valence-electron chi connectivity index (χ3n) is 3.82. The van der Waals surface area contributed by atoms with Crippen molar-refractivity contribution in [2.75, 3.05) is 35.6 Å². The molecule has 20 heavy (non-hydrogen) atoms. The Morgan fingerprint density at radius 2 is 1.95 bits per heavy atom. The van der Waals surface area contributed by atoms with Crippen molar-refractivity contribution in [1.82, 2.24) is 15.0 Å². The van der Waals surface area contributed by atoms with Gasteiger partial charge >= 0.3 is 0 Å². The molecule has 0 radical (unpaired) electrons. The Balaban J connectivity index is 2.19. The molecule has 1 atom stereocenters. The van der Waals surface area contributed by atoms with Crippen molar-refractivity contribution in [1.29, 1.82) is 0 Å². The molecular weight excluding hydrogens is 256 g/mol. The highest BCUT2D eigenvalue weighted by atomic mass is 16.3.